The average molecular weight is 512 g/mol. The first-order valence-corrected chi connectivity index (χ1v) is 15.5. The van der Waals surface area contributed by atoms with Gasteiger partial charge in [0.05, 0.1) is 12.3 Å². The van der Waals surface area contributed by atoms with Gasteiger partial charge in [-0.15, -0.1) is 5.10 Å². The predicted octanol–water partition coefficient (Wildman–Crippen LogP) is 8.28. The fourth-order valence-corrected chi connectivity index (χ4v) is 4.97. The molecule has 0 radical (unpaired) electrons. The second-order valence-corrected chi connectivity index (χ2v) is 10.8. The van der Waals surface area contributed by atoms with E-state index in [1.807, 2.05) is 0 Å². The van der Waals surface area contributed by atoms with E-state index >= 15 is 0 Å². The lowest BCUT2D eigenvalue weighted by atomic mass is 10.0. The highest BCUT2D eigenvalue weighted by atomic mass is 19.1. The quantitative estimate of drug-likeness (QED) is 0.123. The number of halogens is 1. The van der Waals surface area contributed by atoms with E-state index in [0.717, 1.165) is 37.8 Å². The van der Waals surface area contributed by atoms with Crippen LogP contribution in [0.4, 0.5) is 4.39 Å². The van der Waals surface area contributed by atoms with Crippen LogP contribution in [0.15, 0.2) is 6.20 Å². The van der Waals surface area contributed by atoms with Gasteiger partial charge >= 0.3 is 0 Å². The molecule has 1 aromatic heterocycles. The second-order valence-electron chi connectivity index (χ2n) is 10.8. The number of nitrogens with zero attached hydrogens (tertiary/aromatic N) is 3. The van der Waals surface area contributed by atoms with Gasteiger partial charge in [-0.25, -0.2) is 9.07 Å². The van der Waals surface area contributed by atoms with Crippen molar-refractivity contribution in [3.05, 3.63) is 11.9 Å². The molecule has 0 bridgehead atoms. The number of hydrogen-bond acceptors (Lipinski definition) is 4. The van der Waals surface area contributed by atoms with Crippen molar-refractivity contribution in [1.29, 1.82) is 0 Å². The van der Waals surface area contributed by atoms with E-state index in [1.54, 1.807) is 6.20 Å². The summed E-state index contributed by atoms with van der Waals surface area (Å²) in [5.74, 6) is 0. The van der Waals surface area contributed by atoms with Crippen LogP contribution in [0.5, 0.6) is 0 Å². The Kier molecular flexibility index (Phi) is 21.2. The molecule has 212 valence electrons. The molecule has 36 heavy (non-hydrogen) atoms. The van der Waals surface area contributed by atoms with Gasteiger partial charge in [0.25, 0.3) is 0 Å². The molecule has 0 unspecified atom stereocenters. The van der Waals surface area contributed by atoms with E-state index in [-0.39, 0.29) is 6.61 Å². The Morgan fingerprint density at radius 3 is 1.64 bits per heavy atom. The number of hydrogen-bond donors (Lipinski definition) is 2. The highest BCUT2D eigenvalue weighted by Crippen LogP contribution is 2.21. The van der Waals surface area contributed by atoms with Crippen LogP contribution in [0.3, 0.4) is 0 Å². The van der Waals surface area contributed by atoms with Gasteiger partial charge < -0.3 is 10.2 Å². The molecule has 6 heteroatoms. The Labute approximate surface area is 221 Å². The van der Waals surface area contributed by atoms with Crippen LogP contribution in [-0.2, 0) is 6.42 Å². The smallest absolute Gasteiger partial charge is 0.128 e. The van der Waals surface area contributed by atoms with E-state index in [1.165, 1.54) is 107 Å². The SMILES string of the molecule is CCCCCCCCCCCCCC[C@@H](F)[C@H](O)[C@@H](CO)n1cc(CCCCCCCCCC)nn1. The van der Waals surface area contributed by atoms with Crippen molar-refractivity contribution >= 4 is 0 Å². The maximum atomic E-state index is 14.7. The van der Waals surface area contributed by atoms with Crippen LogP contribution >= 0.6 is 0 Å². The molecule has 3 atom stereocenters. The van der Waals surface area contributed by atoms with Crippen molar-refractivity contribution in [2.45, 2.75) is 173 Å². The Balaban J connectivity index is 2.16. The summed E-state index contributed by atoms with van der Waals surface area (Å²) in [5, 5.41) is 28.6. The van der Waals surface area contributed by atoms with E-state index in [0.29, 0.717) is 6.42 Å². The van der Waals surface area contributed by atoms with Gasteiger partial charge in [-0.3, -0.25) is 0 Å². The molecule has 0 aliphatic heterocycles. The van der Waals surface area contributed by atoms with Crippen molar-refractivity contribution in [2.75, 3.05) is 6.61 Å². The summed E-state index contributed by atoms with van der Waals surface area (Å²) in [5.41, 5.74) is 0.850. The van der Waals surface area contributed by atoms with E-state index < -0.39 is 18.3 Å². The number of unbranched alkanes of at least 4 members (excludes halogenated alkanes) is 18. The van der Waals surface area contributed by atoms with Crippen LogP contribution in [0.2, 0.25) is 0 Å². The lowest BCUT2D eigenvalue weighted by Crippen LogP contribution is -2.35. The largest absolute Gasteiger partial charge is 0.394 e. The lowest BCUT2D eigenvalue weighted by molar-refractivity contribution is 0.00308. The predicted molar refractivity (Wildman–Crippen MR) is 149 cm³/mol. The average Bonchev–Trinajstić information content (AvgIpc) is 3.35. The van der Waals surface area contributed by atoms with Crippen molar-refractivity contribution in [3.8, 4) is 0 Å². The molecule has 0 saturated heterocycles. The summed E-state index contributed by atoms with van der Waals surface area (Å²) < 4.78 is 16.2. The Morgan fingerprint density at radius 1 is 0.722 bits per heavy atom. The standard InChI is InChI=1S/C30H58FN3O2/c1-3-5-7-9-11-13-14-15-16-18-20-22-24-28(31)30(36)29(26-35)34-25-27(32-33-34)23-21-19-17-12-10-8-6-4-2/h25,28-30,35-36H,3-24,26H2,1-2H3/t28-,29-,30+/m1/s1. The normalized spacial score (nSPS) is 14.2. The van der Waals surface area contributed by atoms with Gasteiger partial charge in [-0.1, -0.05) is 141 Å². The molecule has 1 heterocycles. The van der Waals surface area contributed by atoms with E-state index in [2.05, 4.69) is 24.2 Å². The molecule has 0 aliphatic rings. The fraction of sp³-hybridized carbons (Fsp3) is 0.933. The van der Waals surface area contributed by atoms with Crippen LogP contribution in [0.25, 0.3) is 0 Å². The number of aromatic nitrogens is 3. The maximum Gasteiger partial charge on any atom is 0.128 e. The van der Waals surface area contributed by atoms with Crippen LogP contribution in [0, 0.1) is 0 Å². The van der Waals surface area contributed by atoms with Gasteiger partial charge in [0.15, 0.2) is 0 Å². The minimum absolute atomic E-state index is 0.328. The molecule has 0 spiro atoms. The van der Waals surface area contributed by atoms with Gasteiger partial charge in [0.2, 0.25) is 0 Å². The number of rotatable bonds is 26. The summed E-state index contributed by atoms with van der Waals surface area (Å²) in [6, 6.07) is -0.780. The zero-order chi connectivity index (χ0) is 26.3. The molecule has 5 nitrogen and oxygen atoms in total. The lowest BCUT2D eigenvalue weighted by Gasteiger charge is -2.23. The third kappa shape index (κ3) is 16.0. The molecule has 2 N–H and O–H groups in total. The van der Waals surface area contributed by atoms with Gasteiger partial charge in [-0.05, 0) is 19.3 Å². The summed E-state index contributed by atoms with van der Waals surface area (Å²) in [6.45, 7) is 4.14. The fourth-order valence-electron chi connectivity index (χ4n) is 4.97. The van der Waals surface area contributed by atoms with E-state index in [9.17, 15) is 14.6 Å². The van der Waals surface area contributed by atoms with Gasteiger partial charge in [0, 0.05) is 6.20 Å². The van der Waals surface area contributed by atoms with Crippen molar-refractivity contribution < 1.29 is 14.6 Å². The molecule has 0 aliphatic carbocycles. The summed E-state index contributed by atoms with van der Waals surface area (Å²) in [4.78, 5) is 0. The highest BCUT2D eigenvalue weighted by Gasteiger charge is 2.29. The van der Waals surface area contributed by atoms with Crippen molar-refractivity contribution in [1.82, 2.24) is 15.0 Å². The molecule has 0 fully saturated rings. The minimum Gasteiger partial charge on any atom is -0.394 e. The molecule has 0 saturated carbocycles. The molecule has 0 amide bonds. The number of aliphatic hydroxyl groups is 2. The monoisotopic (exact) mass is 511 g/mol. The van der Waals surface area contributed by atoms with Crippen molar-refractivity contribution in [3.63, 3.8) is 0 Å². The molecular weight excluding hydrogens is 453 g/mol. The highest BCUT2D eigenvalue weighted by molar-refractivity contribution is 4.95. The van der Waals surface area contributed by atoms with Gasteiger partial charge in [0.1, 0.15) is 18.3 Å². The Hall–Kier alpha value is -1.01. The first-order valence-electron chi connectivity index (χ1n) is 15.5. The van der Waals surface area contributed by atoms with Gasteiger partial charge in [-0.2, -0.15) is 0 Å². The zero-order valence-electron chi connectivity index (χ0n) is 23.7. The topological polar surface area (TPSA) is 71.2 Å². The molecular formula is C30H58FN3O2. The maximum absolute atomic E-state index is 14.7. The first kappa shape index (κ1) is 33.0. The third-order valence-electron chi connectivity index (χ3n) is 7.47. The summed E-state index contributed by atoms with van der Waals surface area (Å²) >= 11 is 0. The minimum atomic E-state index is -1.36. The number of alkyl halides is 1. The van der Waals surface area contributed by atoms with Crippen LogP contribution in [0.1, 0.15) is 160 Å². The molecule has 1 rings (SSSR count). The Bertz CT molecular complexity index is 599. The first-order chi connectivity index (χ1) is 17.6. The van der Waals surface area contributed by atoms with Crippen LogP contribution in [-0.4, -0.2) is 44.1 Å². The summed E-state index contributed by atoms with van der Waals surface area (Å²) in [6.07, 6.45) is 25.2. The van der Waals surface area contributed by atoms with E-state index in [4.69, 9.17) is 0 Å². The Morgan fingerprint density at radius 2 is 1.17 bits per heavy atom. The zero-order valence-corrected chi connectivity index (χ0v) is 23.7. The number of aliphatic hydroxyl groups excluding tert-OH is 2. The van der Waals surface area contributed by atoms with Crippen molar-refractivity contribution in [2.24, 2.45) is 0 Å². The second kappa shape index (κ2) is 23.1. The number of aryl methyl sites for hydroxylation is 1. The molecule has 0 aromatic carbocycles. The summed E-state index contributed by atoms with van der Waals surface area (Å²) in [7, 11) is 0. The third-order valence-corrected chi connectivity index (χ3v) is 7.47. The van der Waals surface area contributed by atoms with Crippen LogP contribution < -0.4 is 0 Å². The molecule has 1 aromatic rings.